The number of nitrogens with zero attached hydrogens (tertiary/aromatic N) is 1. The maximum atomic E-state index is 11.9. The van der Waals surface area contributed by atoms with Crippen molar-refractivity contribution in [2.24, 2.45) is 0 Å². The molecule has 0 heterocycles. The lowest BCUT2D eigenvalue weighted by Gasteiger charge is -2.28. The summed E-state index contributed by atoms with van der Waals surface area (Å²) >= 11 is 0. The molecule has 0 saturated heterocycles. The van der Waals surface area contributed by atoms with Gasteiger partial charge in [0.05, 0.1) is 27.6 Å². The van der Waals surface area contributed by atoms with Crippen molar-refractivity contribution in [3.05, 3.63) is 0 Å². The molecule has 0 spiro atoms. The van der Waals surface area contributed by atoms with Crippen LogP contribution in [-0.4, -0.2) is 55.3 Å². The number of hydrogen-bond acceptors (Lipinski definition) is 3. The highest BCUT2D eigenvalue weighted by Gasteiger charge is 2.24. The van der Waals surface area contributed by atoms with Crippen molar-refractivity contribution in [2.45, 2.75) is 32.1 Å². The van der Waals surface area contributed by atoms with Crippen LogP contribution in [0.2, 0.25) is 0 Å². The van der Waals surface area contributed by atoms with Gasteiger partial charge < -0.3 is 14.3 Å². The van der Waals surface area contributed by atoms with Crippen molar-refractivity contribution >= 4 is 11.9 Å². The number of carbonyl (C=O) groups excluding carboxylic acids is 1. The molecule has 0 aliphatic carbocycles. The Bertz CT molecular complexity index is 456. The van der Waals surface area contributed by atoms with E-state index in [0.29, 0.717) is 0 Å². The fraction of sp³-hybridized carbons (Fsp3) is 0.818. The van der Waals surface area contributed by atoms with Gasteiger partial charge in [-0.15, -0.1) is 0 Å². The summed E-state index contributed by atoms with van der Waals surface area (Å²) in [6, 6.07) is 0. The van der Waals surface area contributed by atoms with Gasteiger partial charge >= 0.3 is 11.9 Å². The molecule has 16 heavy (non-hydrogen) atoms. The fourth-order valence-corrected chi connectivity index (χ4v) is 1.18. The number of aliphatic carboxylic acids is 1. The van der Waals surface area contributed by atoms with Gasteiger partial charge in [0.15, 0.2) is 6.10 Å². The minimum Gasteiger partial charge on any atom is -0.481 e. The predicted octanol–water partition coefficient (Wildman–Crippen LogP) is 0.879. The number of esters is 1. The second-order valence-corrected chi connectivity index (χ2v) is 4.35. The Morgan fingerprint density at radius 2 is 2.12 bits per heavy atom. The van der Waals surface area contributed by atoms with Crippen molar-refractivity contribution in [1.82, 2.24) is 0 Å². The lowest BCUT2D eigenvalue weighted by Crippen LogP contribution is -2.43. The quantitative estimate of drug-likeness (QED) is 0.529. The number of quaternary nitrogens is 1. The van der Waals surface area contributed by atoms with Gasteiger partial charge in [-0.1, -0.05) is 6.85 Å². The van der Waals surface area contributed by atoms with Crippen LogP contribution in [0, 0.1) is 0 Å². The first-order chi connectivity index (χ1) is 9.92. The van der Waals surface area contributed by atoms with E-state index in [1.165, 1.54) is 0 Å². The average molecular weight is 239 g/mol. The van der Waals surface area contributed by atoms with Crippen LogP contribution >= 0.6 is 0 Å². The molecular formula is C11H22NO4+. The van der Waals surface area contributed by atoms with Crippen molar-refractivity contribution in [3.63, 3.8) is 0 Å². The first-order valence-corrected chi connectivity index (χ1v) is 4.65. The highest BCUT2D eigenvalue weighted by atomic mass is 16.5. The van der Waals surface area contributed by atoms with Crippen LogP contribution in [0.3, 0.4) is 0 Å². The third-order valence-electron chi connectivity index (χ3n) is 1.59. The topological polar surface area (TPSA) is 63.6 Å². The molecular weight excluding hydrogens is 210 g/mol. The van der Waals surface area contributed by atoms with E-state index < -0.39 is 44.1 Å². The molecule has 0 aliphatic rings. The van der Waals surface area contributed by atoms with Crippen molar-refractivity contribution in [3.8, 4) is 0 Å². The highest BCUT2D eigenvalue weighted by Crippen LogP contribution is 2.07. The number of carboxylic acids is 1. The van der Waals surface area contributed by atoms with Gasteiger partial charge in [0.25, 0.3) is 0 Å². The summed E-state index contributed by atoms with van der Waals surface area (Å²) in [4.78, 5) is 22.8. The van der Waals surface area contributed by atoms with Gasteiger partial charge in [-0.25, -0.2) is 0 Å². The second-order valence-electron chi connectivity index (χ2n) is 4.35. The smallest absolute Gasteiger partial charge is 0.307 e. The SMILES string of the molecule is [2H]C([2H])([2H])C([2H])([2H])C([2H])([2H])C(=O)O[C@H](CC(=O)O)C[N+](C)(C)C. The average Bonchev–Trinajstić information content (AvgIpc) is 2.23. The van der Waals surface area contributed by atoms with E-state index >= 15 is 0 Å². The molecule has 94 valence electrons. The molecule has 5 nitrogen and oxygen atoms in total. The summed E-state index contributed by atoms with van der Waals surface area (Å²) in [6.45, 7) is -3.36. The van der Waals surface area contributed by atoms with Gasteiger partial charge in [0, 0.05) is 16.0 Å². The Labute approximate surface area is 106 Å². The summed E-state index contributed by atoms with van der Waals surface area (Å²) in [7, 11) is 5.08. The van der Waals surface area contributed by atoms with Crippen LogP contribution < -0.4 is 0 Å². The molecule has 1 atom stereocenters. The molecule has 0 aliphatic heterocycles. The fourth-order valence-electron chi connectivity index (χ4n) is 1.18. The van der Waals surface area contributed by atoms with Crippen LogP contribution in [0.1, 0.15) is 35.6 Å². The monoisotopic (exact) mass is 239 g/mol. The van der Waals surface area contributed by atoms with Crippen LogP contribution in [0.5, 0.6) is 0 Å². The summed E-state index contributed by atoms with van der Waals surface area (Å²) in [5, 5.41) is 8.83. The third kappa shape index (κ3) is 8.23. The van der Waals surface area contributed by atoms with Crippen molar-refractivity contribution < 1.29 is 33.5 Å². The highest BCUT2D eigenvalue weighted by molar-refractivity contribution is 5.71. The van der Waals surface area contributed by atoms with E-state index in [2.05, 4.69) is 0 Å². The molecule has 1 N–H and O–H groups in total. The van der Waals surface area contributed by atoms with Crippen molar-refractivity contribution in [1.29, 1.82) is 0 Å². The van der Waals surface area contributed by atoms with E-state index in [1.807, 2.05) is 0 Å². The maximum Gasteiger partial charge on any atom is 0.307 e. The Kier molecular flexibility index (Phi) is 2.67. The molecule has 0 aromatic rings. The lowest BCUT2D eigenvalue weighted by molar-refractivity contribution is -0.873. The number of carboxylic acid groups (broad SMARTS) is 1. The number of rotatable bonds is 7. The predicted molar refractivity (Wildman–Crippen MR) is 59.9 cm³/mol. The zero-order valence-corrected chi connectivity index (χ0v) is 9.61. The van der Waals surface area contributed by atoms with E-state index in [-0.39, 0.29) is 11.0 Å². The molecule has 0 aromatic heterocycles. The summed E-state index contributed by atoms with van der Waals surface area (Å²) in [5.41, 5.74) is 0. The Morgan fingerprint density at radius 1 is 1.50 bits per heavy atom. The Hall–Kier alpha value is -1.10. The third-order valence-corrected chi connectivity index (χ3v) is 1.59. The van der Waals surface area contributed by atoms with E-state index in [9.17, 15) is 9.59 Å². The van der Waals surface area contributed by atoms with Crippen LogP contribution in [0.15, 0.2) is 0 Å². The molecule has 0 fully saturated rings. The molecule has 0 bridgehead atoms. The Morgan fingerprint density at radius 3 is 2.56 bits per heavy atom. The maximum absolute atomic E-state index is 11.9. The summed E-state index contributed by atoms with van der Waals surface area (Å²) in [5.74, 6) is -3.02. The van der Waals surface area contributed by atoms with Crippen LogP contribution in [-0.2, 0) is 14.3 Å². The molecule has 0 rings (SSSR count). The molecule has 0 unspecified atom stereocenters. The largest absolute Gasteiger partial charge is 0.481 e. The molecule has 0 aromatic carbocycles. The second kappa shape index (κ2) is 6.48. The van der Waals surface area contributed by atoms with Gasteiger partial charge in [-0.3, -0.25) is 9.59 Å². The number of hydrogen-bond donors (Lipinski definition) is 1. The lowest BCUT2D eigenvalue weighted by atomic mass is 10.2. The normalized spacial score (nSPS) is 22.3. The molecule has 5 heteroatoms. The van der Waals surface area contributed by atoms with Crippen molar-refractivity contribution in [2.75, 3.05) is 27.7 Å². The number of carbonyl (C=O) groups is 2. The molecule has 0 amide bonds. The molecule has 0 radical (unpaired) electrons. The van der Waals surface area contributed by atoms with Gasteiger partial charge in [-0.2, -0.15) is 0 Å². The van der Waals surface area contributed by atoms with E-state index in [1.54, 1.807) is 21.1 Å². The minimum absolute atomic E-state index is 0.0326. The van der Waals surface area contributed by atoms with Gasteiger partial charge in [0.1, 0.15) is 6.54 Å². The Balaban J connectivity index is 5.36. The van der Waals surface area contributed by atoms with Gasteiger partial charge in [-0.05, 0) is 6.37 Å². The zero-order chi connectivity index (χ0) is 18.9. The van der Waals surface area contributed by atoms with Crippen LogP contribution in [0.4, 0.5) is 0 Å². The summed E-state index contributed by atoms with van der Waals surface area (Å²) < 4.78 is 55.9. The first-order valence-electron chi connectivity index (χ1n) is 8.15. The zero-order valence-electron chi connectivity index (χ0n) is 16.6. The first kappa shape index (κ1) is 6.59. The van der Waals surface area contributed by atoms with Gasteiger partial charge in [0.2, 0.25) is 0 Å². The van der Waals surface area contributed by atoms with Crippen LogP contribution in [0.25, 0.3) is 0 Å². The van der Waals surface area contributed by atoms with E-state index in [4.69, 9.17) is 19.4 Å². The molecule has 0 saturated carbocycles. The number of likely N-dealkylation sites (N-methyl/N-ethyl adjacent to an activating group) is 1. The summed E-state index contributed by atoms with van der Waals surface area (Å²) in [6.07, 6.45) is -8.77. The number of ether oxygens (including phenoxy) is 1. The van der Waals surface area contributed by atoms with E-state index in [0.717, 1.165) is 0 Å². The standard InChI is InChI=1S/C11H21NO4/c1-5-6-11(15)16-9(7-10(13)14)8-12(2,3)4/h9H,5-8H2,1-4H3/p+1/t9-/m1/s1/i1D3,5D2,6D2. The minimum atomic E-state index is -3.48.